The van der Waals surface area contributed by atoms with Gasteiger partial charge in [-0.25, -0.2) is 23.3 Å². The SMILES string of the molecule is CS(=O)(=O)CCn1cnc2c(F)c(Nc3ccc(I)cc3Cl)c(C(=O)NOCCO)cc21. The van der Waals surface area contributed by atoms with Gasteiger partial charge in [0.1, 0.15) is 15.4 Å². The maximum atomic E-state index is 15.5. The van der Waals surface area contributed by atoms with E-state index in [1.165, 1.54) is 17.0 Å². The third-order valence-electron chi connectivity index (χ3n) is 4.35. The second-order valence-electron chi connectivity index (χ2n) is 6.80. The molecule has 9 nitrogen and oxygen atoms in total. The number of hydrogen-bond donors (Lipinski definition) is 3. The largest absolute Gasteiger partial charge is 0.394 e. The standard InChI is InChI=1S/C19H19ClFIN4O5S/c1-32(29,30)7-4-26-10-23-18-15(26)9-12(19(28)25-31-6-5-27)17(16(18)21)24-14-3-2-11(22)8-13(14)20/h2-3,8-10,24,27H,4-7H2,1H3,(H,25,28). The molecule has 172 valence electrons. The van der Waals surface area contributed by atoms with Gasteiger partial charge in [-0.1, -0.05) is 11.6 Å². The normalized spacial score (nSPS) is 11.7. The summed E-state index contributed by atoms with van der Waals surface area (Å²) in [6.45, 7) is -0.448. The number of nitrogens with zero attached hydrogens (tertiary/aromatic N) is 2. The first-order chi connectivity index (χ1) is 15.1. The maximum absolute atomic E-state index is 15.5. The summed E-state index contributed by atoms with van der Waals surface area (Å²) in [7, 11) is -3.27. The quantitative estimate of drug-likeness (QED) is 0.197. The van der Waals surface area contributed by atoms with Gasteiger partial charge in [-0.15, -0.1) is 0 Å². The van der Waals surface area contributed by atoms with Crippen LogP contribution < -0.4 is 10.8 Å². The van der Waals surface area contributed by atoms with E-state index in [9.17, 15) is 13.2 Å². The number of carbonyl (C=O) groups is 1. The lowest BCUT2D eigenvalue weighted by Crippen LogP contribution is -2.26. The predicted octanol–water partition coefficient (Wildman–Crippen LogP) is 2.88. The highest BCUT2D eigenvalue weighted by molar-refractivity contribution is 14.1. The van der Waals surface area contributed by atoms with Crippen molar-refractivity contribution < 1.29 is 27.5 Å². The van der Waals surface area contributed by atoms with Crippen molar-refractivity contribution in [2.45, 2.75) is 6.54 Å². The van der Waals surface area contributed by atoms with Crippen molar-refractivity contribution in [1.82, 2.24) is 15.0 Å². The summed E-state index contributed by atoms with van der Waals surface area (Å²) in [4.78, 5) is 21.7. The van der Waals surface area contributed by atoms with Crippen molar-refractivity contribution in [3.63, 3.8) is 0 Å². The molecule has 0 aliphatic heterocycles. The number of carbonyl (C=O) groups excluding carboxylic acids is 1. The highest BCUT2D eigenvalue weighted by Gasteiger charge is 2.23. The molecule has 3 aromatic rings. The van der Waals surface area contributed by atoms with Crippen molar-refractivity contribution in [2.75, 3.05) is 30.5 Å². The van der Waals surface area contributed by atoms with Gasteiger partial charge in [0.15, 0.2) is 5.82 Å². The summed E-state index contributed by atoms with van der Waals surface area (Å²) in [6, 6.07) is 6.46. The van der Waals surface area contributed by atoms with Crippen molar-refractivity contribution in [2.24, 2.45) is 0 Å². The summed E-state index contributed by atoms with van der Waals surface area (Å²) in [5.74, 6) is -1.78. The third kappa shape index (κ3) is 5.86. The van der Waals surface area contributed by atoms with E-state index in [1.807, 2.05) is 0 Å². The van der Waals surface area contributed by atoms with Gasteiger partial charge >= 0.3 is 0 Å². The van der Waals surface area contributed by atoms with Crippen LogP contribution in [0, 0.1) is 9.39 Å². The van der Waals surface area contributed by atoms with Crippen molar-refractivity contribution in [3.05, 3.63) is 50.6 Å². The topological polar surface area (TPSA) is 123 Å². The fourth-order valence-corrected chi connectivity index (χ4v) is 4.28. The Kier molecular flexibility index (Phi) is 7.92. The molecule has 0 saturated carbocycles. The maximum Gasteiger partial charge on any atom is 0.277 e. The summed E-state index contributed by atoms with van der Waals surface area (Å²) in [5.41, 5.74) is 2.40. The Hall–Kier alpha value is -2.00. The Morgan fingerprint density at radius 1 is 1.38 bits per heavy atom. The summed E-state index contributed by atoms with van der Waals surface area (Å²) < 4.78 is 40.9. The van der Waals surface area contributed by atoms with Gasteiger partial charge in [-0.05, 0) is 46.9 Å². The first-order valence-electron chi connectivity index (χ1n) is 9.21. The average molecular weight is 597 g/mol. The number of hydrogen-bond acceptors (Lipinski definition) is 7. The number of fused-ring (bicyclic) bond motifs is 1. The van der Waals surface area contributed by atoms with Crippen LogP contribution in [0.1, 0.15) is 10.4 Å². The number of nitrogens with one attached hydrogen (secondary N) is 2. The van der Waals surface area contributed by atoms with Gasteiger partial charge in [0, 0.05) is 16.4 Å². The molecule has 2 aromatic carbocycles. The lowest BCUT2D eigenvalue weighted by Gasteiger charge is -2.15. The lowest BCUT2D eigenvalue weighted by atomic mass is 10.1. The number of aromatic nitrogens is 2. The van der Waals surface area contributed by atoms with E-state index >= 15 is 4.39 Å². The van der Waals surface area contributed by atoms with Gasteiger partial charge in [-0.2, -0.15) is 0 Å². The van der Waals surface area contributed by atoms with Gasteiger partial charge in [-0.3, -0.25) is 9.63 Å². The Morgan fingerprint density at radius 3 is 2.78 bits per heavy atom. The molecule has 13 heteroatoms. The van der Waals surface area contributed by atoms with E-state index in [4.69, 9.17) is 21.5 Å². The number of sulfone groups is 1. The number of anilines is 2. The predicted molar refractivity (Wildman–Crippen MR) is 127 cm³/mol. The molecule has 1 heterocycles. The number of aliphatic hydroxyl groups is 1. The van der Waals surface area contributed by atoms with Crippen molar-refractivity contribution >= 4 is 72.3 Å². The van der Waals surface area contributed by atoms with Gasteiger partial charge in [0.05, 0.1) is 52.8 Å². The van der Waals surface area contributed by atoms with E-state index in [0.717, 1.165) is 9.83 Å². The molecule has 0 spiro atoms. The molecule has 1 aromatic heterocycles. The number of benzene rings is 2. The summed E-state index contributed by atoms with van der Waals surface area (Å²) in [5, 5.41) is 12.0. The summed E-state index contributed by atoms with van der Waals surface area (Å²) in [6.07, 6.45) is 2.40. The molecule has 0 bridgehead atoms. The summed E-state index contributed by atoms with van der Waals surface area (Å²) >= 11 is 8.33. The number of aliphatic hydroxyl groups excluding tert-OH is 1. The van der Waals surface area contributed by atoms with Gasteiger partial charge in [0.2, 0.25) is 0 Å². The first kappa shape index (κ1) is 24.6. The fourth-order valence-electron chi connectivity index (χ4n) is 2.84. The number of amides is 1. The molecule has 32 heavy (non-hydrogen) atoms. The number of halogens is 3. The molecular formula is C19H19ClFIN4O5S. The molecule has 0 saturated heterocycles. The minimum Gasteiger partial charge on any atom is -0.394 e. The van der Waals surface area contributed by atoms with Crippen molar-refractivity contribution in [1.29, 1.82) is 0 Å². The van der Waals surface area contributed by atoms with Crippen LogP contribution >= 0.6 is 34.2 Å². The van der Waals surface area contributed by atoms with E-state index in [2.05, 4.69) is 38.4 Å². The number of rotatable bonds is 9. The Balaban J connectivity index is 2.09. The highest BCUT2D eigenvalue weighted by Crippen LogP contribution is 2.34. The molecule has 3 N–H and O–H groups in total. The highest BCUT2D eigenvalue weighted by atomic mass is 127. The number of aryl methyl sites for hydroxylation is 1. The second-order valence-corrected chi connectivity index (χ2v) is 10.7. The number of hydroxylamine groups is 1. The van der Waals surface area contributed by atoms with E-state index < -0.39 is 21.6 Å². The zero-order valence-electron chi connectivity index (χ0n) is 16.7. The monoisotopic (exact) mass is 596 g/mol. The molecule has 0 atom stereocenters. The second kappa shape index (κ2) is 10.3. The van der Waals surface area contributed by atoms with E-state index in [-0.39, 0.29) is 47.8 Å². The molecule has 1 amide bonds. The van der Waals surface area contributed by atoms with Gasteiger partial charge < -0.3 is 15.0 Å². The van der Waals surface area contributed by atoms with E-state index in [1.54, 1.807) is 18.2 Å². The molecule has 3 rings (SSSR count). The Morgan fingerprint density at radius 2 is 2.12 bits per heavy atom. The van der Waals surface area contributed by atoms with Crippen LogP contribution in [0.5, 0.6) is 0 Å². The van der Waals surface area contributed by atoms with Crippen LogP contribution in [-0.2, 0) is 21.2 Å². The zero-order chi connectivity index (χ0) is 23.5. The minimum absolute atomic E-state index is 0.0343. The smallest absolute Gasteiger partial charge is 0.277 e. The van der Waals surface area contributed by atoms with Crippen LogP contribution in [-0.4, -0.2) is 54.2 Å². The van der Waals surface area contributed by atoms with E-state index in [0.29, 0.717) is 10.7 Å². The molecule has 0 aliphatic rings. The Bertz CT molecular complexity index is 1270. The molecule has 0 fully saturated rings. The Labute approximate surface area is 201 Å². The molecule has 0 aliphatic carbocycles. The molecule has 0 unspecified atom stereocenters. The van der Waals surface area contributed by atoms with Crippen LogP contribution in [0.15, 0.2) is 30.6 Å². The molecule has 0 radical (unpaired) electrons. The third-order valence-corrected chi connectivity index (χ3v) is 6.26. The van der Waals surface area contributed by atoms with Crippen LogP contribution in [0.4, 0.5) is 15.8 Å². The lowest BCUT2D eigenvalue weighted by molar-refractivity contribution is 0.0169. The van der Waals surface area contributed by atoms with Crippen LogP contribution in [0.25, 0.3) is 11.0 Å². The minimum atomic E-state index is -3.27. The molecular weight excluding hydrogens is 578 g/mol. The average Bonchev–Trinajstić information content (AvgIpc) is 3.13. The van der Waals surface area contributed by atoms with Gasteiger partial charge in [0.25, 0.3) is 5.91 Å². The van der Waals surface area contributed by atoms with Crippen LogP contribution in [0.2, 0.25) is 5.02 Å². The van der Waals surface area contributed by atoms with Crippen LogP contribution in [0.3, 0.4) is 0 Å². The van der Waals surface area contributed by atoms with Crippen molar-refractivity contribution in [3.8, 4) is 0 Å². The first-order valence-corrected chi connectivity index (χ1v) is 12.7. The fraction of sp³-hybridized carbons (Fsp3) is 0.263. The zero-order valence-corrected chi connectivity index (χ0v) is 20.5. The number of imidazole rings is 1.